The van der Waals surface area contributed by atoms with Gasteiger partial charge in [-0.2, -0.15) is 0 Å². The Morgan fingerprint density at radius 3 is 1.17 bits per heavy atom. The molecule has 17 rings (SSSR count). The van der Waals surface area contributed by atoms with Gasteiger partial charge in [-0.25, -0.2) is 0 Å². The van der Waals surface area contributed by atoms with E-state index in [0.717, 1.165) is 0 Å². The molecule has 0 spiro atoms. The molecule has 2 atom stereocenters. The van der Waals surface area contributed by atoms with Crippen LogP contribution in [0.4, 0.5) is 0 Å². The van der Waals surface area contributed by atoms with Crippen molar-refractivity contribution < 1.29 is 0 Å². The van der Waals surface area contributed by atoms with Crippen LogP contribution in [-0.2, 0) is 0 Å². The van der Waals surface area contributed by atoms with Gasteiger partial charge in [-0.15, -0.1) is 0 Å². The third-order valence-electron chi connectivity index (χ3n) is 18.5. The van der Waals surface area contributed by atoms with Gasteiger partial charge in [0.2, 0.25) is 0 Å². The molecule has 1 nitrogen and oxygen atoms in total. The van der Waals surface area contributed by atoms with Crippen LogP contribution in [0, 0.1) is 0 Å². The van der Waals surface area contributed by atoms with Crippen LogP contribution in [0.3, 0.4) is 0 Å². The summed E-state index contributed by atoms with van der Waals surface area (Å²) in [5.41, 5.74) is 17.0. The van der Waals surface area contributed by atoms with E-state index in [1.165, 1.54) is 125 Å². The Bertz CT molecular complexity index is 4550. The van der Waals surface area contributed by atoms with Gasteiger partial charge < -0.3 is 4.57 Å². The molecule has 14 aromatic rings. The summed E-state index contributed by atoms with van der Waals surface area (Å²) in [6, 6.07) is 127. The summed E-state index contributed by atoms with van der Waals surface area (Å²) in [6.07, 6.45) is 0. The molecule has 2 unspecified atom stereocenters. The van der Waals surface area contributed by atoms with Crippen molar-refractivity contribution in [3.63, 3.8) is 0 Å². The Morgan fingerprint density at radius 1 is 0.229 bits per heavy atom. The van der Waals surface area contributed by atoms with Crippen LogP contribution in [0.15, 0.2) is 334 Å². The molecule has 0 amide bonds. The zero-order valence-electron chi connectivity index (χ0n) is 45.9. The average Bonchev–Trinajstić information content (AvgIpc) is 1.43. The largest absolute Gasteiger partial charge is 0.309 e. The Kier molecular flexibility index (Phi) is 11.8. The van der Waals surface area contributed by atoms with E-state index < -0.39 is 16.1 Å². The first-order valence-corrected chi connectivity index (χ1v) is 33.1. The lowest BCUT2D eigenvalue weighted by Gasteiger charge is -2.47. The van der Waals surface area contributed by atoms with Crippen LogP contribution in [-0.4, -0.2) is 20.7 Å². The van der Waals surface area contributed by atoms with E-state index in [1.807, 2.05) is 0 Å². The first kappa shape index (κ1) is 49.0. The molecule has 390 valence electrons. The van der Waals surface area contributed by atoms with Crippen molar-refractivity contribution in [2.75, 3.05) is 0 Å². The number of nitrogens with zero attached hydrogens (tertiary/aromatic N) is 1. The van der Waals surface area contributed by atoms with Crippen molar-refractivity contribution in [1.29, 1.82) is 0 Å². The molecule has 2 bridgehead atoms. The average molecular weight is 1090 g/mol. The number of fused-ring (bicyclic) bond motifs is 3. The molecule has 0 N–H and O–H groups in total. The maximum absolute atomic E-state index is 3.29. The second-order valence-electron chi connectivity index (χ2n) is 22.5. The van der Waals surface area contributed by atoms with Crippen LogP contribution in [0.25, 0.3) is 49.7 Å². The molecule has 83 heavy (non-hydrogen) atoms. The van der Waals surface area contributed by atoms with Gasteiger partial charge in [0.15, 0.2) is 16.1 Å². The smallest absolute Gasteiger partial charge is 0.179 e. The quantitative estimate of drug-likeness (QED) is 0.0899. The zero-order chi connectivity index (χ0) is 54.9. The lowest BCUT2D eigenvalue weighted by Crippen LogP contribution is -2.75. The normalized spacial score (nSPS) is 14.3. The summed E-state index contributed by atoms with van der Waals surface area (Å²) in [4.78, 5) is 0. The summed E-state index contributed by atoms with van der Waals surface area (Å²) in [7, 11) is -6.20. The monoisotopic (exact) mass is 1090 g/mol. The van der Waals surface area contributed by atoms with E-state index in [0.29, 0.717) is 0 Å². The Labute approximate surface area is 487 Å². The molecule has 0 radical (unpaired) electrons. The van der Waals surface area contributed by atoms with Gasteiger partial charge in [-0.1, -0.05) is 315 Å². The Balaban J connectivity index is 1.00. The van der Waals surface area contributed by atoms with Crippen molar-refractivity contribution in [3.05, 3.63) is 367 Å². The third kappa shape index (κ3) is 7.52. The minimum atomic E-state index is -3.29. The highest BCUT2D eigenvalue weighted by Crippen LogP contribution is 2.57. The fourth-order valence-electron chi connectivity index (χ4n) is 15.1. The molecule has 0 saturated carbocycles. The summed E-state index contributed by atoms with van der Waals surface area (Å²) in [5.74, 6) is -0.0579. The van der Waals surface area contributed by atoms with Crippen LogP contribution < -0.4 is 41.5 Å². The number of benzene rings is 13. The highest BCUT2D eigenvalue weighted by molar-refractivity contribution is 7.20. The standard InChI is InChI=1S/C80H57NSi2/c1-7-27-56(28-8-1)58-31-23-41-64(53-58)83(63-39-17-6-18-40-63,65-42-24-32-59(54-65)57-29-9-2-10-30-57)76-50-26-47-72-77-69-44-19-20-45-70(69)80(79(72)76)78-71(77)46-25-49-74(78)81-73-48-22-21-43-67(73)68-52-51-66(55-75(68)81)82(60-33-11-3-12-34-60,61-35-13-4-14-36-61)62-37-15-5-16-38-62/h1-55,77,80H. The van der Waals surface area contributed by atoms with Crippen LogP contribution in [0.5, 0.6) is 0 Å². The van der Waals surface area contributed by atoms with Crippen molar-refractivity contribution in [2.24, 2.45) is 0 Å². The second-order valence-corrected chi connectivity index (χ2v) is 30.1. The van der Waals surface area contributed by atoms with E-state index >= 15 is 0 Å². The summed E-state index contributed by atoms with van der Waals surface area (Å²) < 4.78 is 2.66. The molecule has 3 aliphatic carbocycles. The molecule has 0 fully saturated rings. The van der Waals surface area contributed by atoms with Crippen LogP contribution >= 0.6 is 0 Å². The fraction of sp³-hybridized carbons (Fsp3) is 0.0250. The zero-order valence-corrected chi connectivity index (χ0v) is 47.9. The van der Waals surface area contributed by atoms with E-state index in [2.05, 4.69) is 338 Å². The molecular formula is C80H57NSi2. The van der Waals surface area contributed by atoms with E-state index in [-0.39, 0.29) is 11.8 Å². The maximum Gasteiger partial charge on any atom is 0.179 e. The summed E-state index contributed by atoms with van der Waals surface area (Å²) in [5, 5.41) is 13.5. The lowest BCUT2D eigenvalue weighted by atomic mass is 9.60. The van der Waals surface area contributed by atoms with Gasteiger partial charge in [0, 0.05) is 22.6 Å². The maximum atomic E-state index is 2.66. The second kappa shape index (κ2) is 20.0. The van der Waals surface area contributed by atoms with Gasteiger partial charge in [0.05, 0.1) is 16.7 Å². The van der Waals surface area contributed by atoms with Gasteiger partial charge in [0.25, 0.3) is 0 Å². The van der Waals surface area contributed by atoms with Crippen molar-refractivity contribution >= 4 is 79.4 Å². The van der Waals surface area contributed by atoms with Crippen LogP contribution in [0.1, 0.15) is 45.2 Å². The Morgan fingerprint density at radius 2 is 0.614 bits per heavy atom. The third-order valence-corrected chi connectivity index (χ3v) is 28.0. The van der Waals surface area contributed by atoms with Crippen molar-refractivity contribution in [3.8, 4) is 27.9 Å². The molecule has 0 aliphatic heterocycles. The SMILES string of the molecule is c1ccc(-c2cccc([Si](c3ccccc3)(c3cccc(-c4ccccc4)c3)c3cccc4c3C3c5ccccc5C4c4cccc(-n5c6ccccc6c6ccc([Si](c7ccccc7)(c7ccccc7)c7ccccc7)cc65)c43)c2)cc1. The first-order chi connectivity index (χ1) is 41.2. The van der Waals surface area contributed by atoms with E-state index in [9.17, 15) is 0 Å². The molecule has 13 aromatic carbocycles. The predicted octanol–water partition coefficient (Wildman–Crippen LogP) is 13.9. The topological polar surface area (TPSA) is 4.93 Å². The number of hydrogen-bond acceptors (Lipinski definition) is 0. The van der Waals surface area contributed by atoms with E-state index in [4.69, 9.17) is 0 Å². The number of para-hydroxylation sites is 1. The predicted molar refractivity (Wildman–Crippen MR) is 354 cm³/mol. The van der Waals surface area contributed by atoms with Crippen LogP contribution in [0.2, 0.25) is 0 Å². The highest BCUT2D eigenvalue weighted by Gasteiger charge is 2.50. The minimum absolute atomic E-state index is 0.0211. The summed E-state index contributed by atoms with van der Waals surface area (Å²) in [6.45, 7) is 0. The fourth-order valence-corrected chi connectivity index (χ4v) is 25.0. The number of rotatable bonds is 11. The minimum Gasteiger partial charge on any atom is -0.309 e. The van der Waals surface area contributed by atoms with Crippen molar-refractivity contribution in [2.45, 2.75) is 11.8 Å². The molecule has 1 aromatic heterocycles. The lowest BCUT2D eigenvalue weighted by molar-refractivity contribution is 0.752. The molecule has 3 heteroatoms. The highest BCUT2D eigenvalue weighted by atomic mass is 28.3. The first-order valence-electron chi connectivity index (χ1n) is 29.1. The molecular weight excluding hydrogens is 1030 g/mol. The van der Waals surface area contributed by atoms with Crippen molar-refractivity contribution in [1.82, 2.24) is 4.57 Å². The molecule has 1 heterocycles. The van der Waals surface area contributed by atoms with E-state index in [1.54, 1.807) is 0 Å². The number of aromatic nitrogens is 1. The summed E-state index contributed by atoms with van der Waals surface area (Å²) >= 11 is 0. The van der Waals surface area contributed by atoms with Gasteiger partial charge in [-0.3, -0.25) is 0 Å². The molecule has 0 saturated heterocycles. The number of hydrogen-bond donors (Lipinski definition) is 0. The van der Waals surface area contributed by atoms with Gasteiger partial charge >= 0.3 is 0 Å². The Hall–Kier alpha value is -9.91. The molecule has 3 aliphatic rings. The van der Waals surface area contributed by atoms with Gasteiger partial charge in [-0.05, 0) is 115 Å². The van der Waals surface area contributed by atoms with Gasteiger partial charge in [0.1, 0.15) is 0 Å².